The molecule has 0 saturated carbocycles. The zero-order valence-electron chi connectivity index (χ0n) is 11.5. The van der Waals surface area contributed by atoms with Crippen molar-refractivity contribution in [3.05, 3.63) is 0 Å². The van der Waals surface area contributed by atoms with Gasteiger partial charge in [0.1, 0.15) is 0 Å². The highest BCUT2D eigenvalue weighted by molar-refractivity contribution is 5.82. The van der Waals surface area contributed by atoms with Crippen LogP contribution in [0, 0.1) is 5.41 Å². The number of hydrogen-bond donors (Lipinski definition) is 2. The van der Waals surface area contributed by atoms with Crippen LogP contribution < -0.4 is 5.32 Å². The zero-order valence-corrected chi connectivity index (χ0v) is 11.5. The van der Waals surface area contributed by atoms with Gasteiger partial charge in [-0.2, -0.15) is 0 Å². The van der Waals surface area contributed by atoms with Crippen LogP contribution in [0.2, 0.25) is 0 Å². The van der Waals surface area contributed by atoms with E-state index >= 15 is 0 Å². The molecule has 0 radical (unpaired) electrons. The van der Waals surface area contributed by atoms with Crippen LogP contribution in [0.25, 0.3) is 0 Å². The van der Waals surface area contributed by atoms with Gasteiger partial charge in [-0.1, -0.05) is 20.8 Å². The van der Waals surface area contributed by atoms with E-state index in [1.165, 1.54) is 0 Å². The van der Waals surface area contributed by atoms with Crippen molar-refractivity contribution in [1.29, 1.82) is 0 Å². The largest absolute Gasteiger partial charge is 0.394 e. The predicted molar refractivity (Wildman–Crippen MR) is 68.9 cm³/mol. The van der Waals surface area contributed by atoms with Gasteiger partial charge in [0, 0.05) is 24.9 Å². The molecule has 1 aliphatic heterocycles. The summed E-state index contributed by atoms with van der Waals surface area (Å²) in [6.45, 7) is 6.63. The Kier molecular flexibility index (Phi) is 5.14. The average molecular weight is 256 g/mol. The van der Waals surface area contributed by atoms with Gasteiger partial charge in [0.25, 0.3) is 0 Å². The maximum atomic E-state index is 11.9. The van der Waals surface area contributed by atoms with Crippen LogP contribution in [0.4, 0.5) is 0 Å². The lowest BCUT2D eigenvalue weighted by atomic mass is 9.96. The second-order valence-corrected chi connectivity index (χ2v) is 5.82. The van der Waals surface area contributed by atoms with Crippen LogP contribution in [0.15, 0.2) is 0 Å². The first kappa shape index (κ1) is 15.0. The number of nitrogens with zero attached hydrogens (tertiary/aromatic N) is 1. The van der Waals surface area contributed by atoms with Crippen LogP contribution in [-0.2, 0) is 9.59 Å². The van der Waals surface area contributed by atoms with Gasteiger partial charge < -0.3 is 15.3 Å². The van der Waals surface area contributed by atoms with Gasteiger partial charge in [-0.3, -0.25) is 9.59 Å². The molecule has 1 atom stereocenters. The second kappa shape index (κ2) is 6.18. The molecule has 1 aliphatic rings. The molecule has 1 heterocycles. The molecule has 0 aliphatic carbocycles. The maximum absolute atomic E-state index is 11.9. The number of likely N-dealkylation sites (tertiary alicyclic amines) is 1. The fourth-order valence-electron chi connectivity index (χ4n) is 2.05. The average Bonchev–Trinajstić information content (AvgIpc) is 2.75. The SMILES string of the molecule is CC(C)(C)C(=O)NCCC(=O)N1CCC[C@H]1CO. The van der Waals surface area contributed by atoms with Crippen molar-refractivity contribution in [3.8, 4) is 0 Å². The highest BCUT2D eigenvalue weighted by atomic mass is 16.3. The number of nitrogens with one attached hydrogen (secondary N) is 1. The van der Waals surface area contributed by atoms with Crippen molar-refractivity contribution in [1.82, 2.24) is 10.2 Å². The number of hydrogen-bond acceptors (Lipinski definition) is 3. The molecule has 1 fully saturated rings. The third-order valence-electron chi connectivity index (χ3n) is 3.21. The summed E-state index contributed by atoms with van der Waals surface area (Å²) in [5.74, 6) is -0.0313. The van der Waals surface area contributed by atoms with E-state index in [4.69, 9.17) is 5.11 Å². The lowest BCUT2D eigenvalue weighted by Gasteiger charge is -2.23. The minimum atomic E-state index is -0.426. The molecular formula is C13H24N2O3. The summed E-state index contributed by atoms with van der Waals surface area (Å²) in [7, 11) is 0. The van der Waals surface area contributed by atoms with E-state index in [9.17, 15) is 9.59 Å². The molecule has 5 heteroatoms. The Morgan fingerprint density at radius 1 is 1.39 bits per heavy atom. The lowest BCUT2D eigenvalue weighted by molar-refractivity contribution is -0.133. The molecule has 0 unspecified atom stereocenters. The molecule has 2 amide bonds. The van der Waals surface area contributed by atoms with Gasteiger partial charge in [0.2, 0.25) is 11.8 Å². The quantitative estimate of drug-likeness (QED) is 0.770. The molecule has 0 bridgehead atoms. The van der Waals surface area contributed by atoms with Gasteiger partial charge in [-0.05, 0) is 12.8 Å². The topological polar surface area (TPSA) is 69.6 Å². The van der Waals surface area contributed by atoms with Crippen LogP contribution in [0.3, 0.4) is 0 Å². The van der Waals surface area contributed by atoms with Crippen molar-refractivity contribution < 1.29 is 14.7 Å². The van der Waals surface area contributed by atoms with Gasteiger partial charge in [-0.25, -0.2) is 0 Å². The molecule has 5 nitrogen and oxygen atoms in total. The van der Waals surface area contributed by atoms with Crippen molar-refractivity contribution >= 4 is 11.8 Å². The van der Waals surface area contributed by atoms with E-state index in [1.54, 1.807) is 4.90 Å². The van der Waals surface area contributed by atoms with Crippen LogP contribution in [0.5, 0.6) is 0 Å². The van der Waals surface area contributed by atoms with Gasteiger partial charge >= 0.3 is 0 Å². The van der Waals surface area contributed by atoms with Gasteiger partial charge in [0.15, 0.2) is 0 Å². The van der Waals surface area contributed by atoms with E-state index in [0.29, 0.717) is 13.0 Å². The molecule has 0 aromatic carbocycles. The van der Waals surface area contributed by atoms with E-state index < -0.39 is 5.41 Å². The summed E-state index contributed by atoms with van der Waals surface area (Å²) in [4.78, 5) is 25.2. The van der Waals surface area contributed by atoms with Gasteiger partial charge in [0.05, 0.1) is 12.6 Å². The molecule has 18 heavy (non-hydrogen) atoms. The highest BCUT2D eigenvalue weighted by Gasteiger charge is 2.28. The molecule has 1 saturated heterocycles. The summed E-state index contributed by atoms with van der Waals surface area (Å²) in [6.07, 6.45) is 2.13. The first-order valence-corrected chi connectivity index (χ1v) is 6.55. The number of amides is 2. The summed E-state index contributed by atoms with van der Waals surface area (Å²) < 4.78 is 0. The summed E-state index contributed by atoms with van der Waals surface area (Å²) in [6, 6.07) is -0.0317. The molecular weight excluding hydrogens is 232 g/mol. The number of aliphatic hydroxyl groups excluding tert-OH is 1. The van der Waals surface area contributed by atoms with Crippen molar-refractivity contribution in [2.45, 2.75) is 46.1 Å². The fraction of sp³-hybridized carbons (Fsp3) is 0.846. The predicted octanol–water partition coefficient (Wildman–Crippen LogP) is 0.522. The Morgan fingerprint density at radius 3 is 2.61 bits per heavy atom. The highest BCUT2D eigenvalue weighted by Crippen LogP contribution is 2.17. The van der Waals surface area contributed by atoms with Crippen molar-refractivity contribution in [3.63, 3.8) is 0 Å². The minimum Gasteiger partial charge on any atom is -0.394 e. The number of carbonyl (C=O) groups excluding carboxylic acids is 2. The zero-order chi connectivity index (χ0) is 13.8. The molecule has 0 aromatic heterocycles. The normalized spacial score (nSPS) is 20.0. The molecule has 1 rings (SSSR count). The number of rotatable bonds is 4. The Morgan fingerprint density at radius 2 is 2.06 bits per heavy atom. The fourth-order valence-corrected chi connectivity index (χ4v) is 2.05. The smallest absolute Gasteiger partial charge is 0.225 e. The summed E-state index contributed by atoms with van der Waals surface area (Å²) >= 11 is 0. The maximum Gasteiger partial charge on any atom is 0.225 e. The number of aliphatic hydroxyl groups is 1. The van der Waals surface area contributed by atoms with Crippen molar-refractivity contribution in [2.24, 2.45) is 5.41 Å². The van der Waals surface area contributed by atoms with Gasteiger partial charge in [-0.15, -0.1) is 0 Å². The van der Waals surface area contributed by atoms with E-state index in [-0.39, 0.29) is 24.5 Å². The first-order chi connectivity index (χ1) is 8.36. The monoisotopic (exact) mass is 256 g/mol. The number of carbonyl (C=O) groups is 2. The van der Waals surface area contributed by atoms with Crippen molar-refractivity contribution in [2.75, 3.05) is 19.7 Å². The third kappa shape index (κ3) is 3.98. The van der Waals surface area contributed by atoms with E-state index in [1.807, 2.05) is 20.8 Å². The second-order valence-electron chi connectivity index (χ2n) is 5.82. The standard InChI is InChI=1S/C13H24N2O3/c1-13(2,3)12(18)14-7-6-11(17)15-8-4-5-10(15)9-16/h10,16H,4-9H2,1-3H3,(H,14,18)/t10-/m0/s1. The minimum absolute atomic E-state index is 0.0146. The molecule has 0 aromatic rings. The van der Waals surface area contributed by atoms with E-state index in [2.05, 4.69) is 5.32 Å². The third-order valence-corrected chi connectivity index (χ3v) is 3.21. The molecule has 2 N–H and O–H groups in total. The Balaban J connectivity index is 2.31. The van der Waals surface area contributed by atoms with E-state index in [0.717, 1.165) is 19.4 Å². The Bertz CT molecular complexity index is 310. The lowest BCUT2D eigenvalue weighted by Crippen LogP contribution is -2.41. The summed E-state index contributed by atoms with van der Waals surface area (Å²) in [5, 5.41) is 11.9. The van der Waals surface area contributed by atoms with Crippen LogP contribution >= 0.6 is 0 Å². The van der Waals surface area contributed by atoms with Crippen LogP contribution in [-0.4, -0.2) is 47.6 Å². The molecule has 104 valence electrons. The summed E-state index contributed by atoms with van der Waals surface area (Å²) in [5.41, 5.74) is -0.426. The van der Waals surface area contributed by atoms with Crippen LogP contribution in [0.1, 0.15) is 40.0 Å². The first-order valence-electron chi connectivity index (χ1n) is 6.55. The Labute approximate surface area is 109 Å². The molecule has 0 spiro atoms. The Hall–Kier alpha value is -1.10.